The van der Waals surface area contributed by atoms with Crippen LogP contribution >= 0.6 is 0 Å². The van der Waals surface area contributed by atoms with E-state index in [1.807, 2.05) is 6.92 Å². The molecule has 1 fully saturated rings. The summed E-state index contributed by atoms with van der Waals surface area (Å²) in [5.41, 5.74) is 9.84. The summed E-state index contributed by atoms with van der Waals surface area (Å²) < 4.78 is 18.3. The largest absolute Gasteiger partial charge is 0.472 e. The lowest BCUT2D eigenvalue weighted by Crippen LogP contribution is -2.47. The Kier molecular flexibility index (Phi) is 9.78. The number of anilines is 1. The molecule has 5 aromatic carbocycles. The van der Waals surface area contributed by atoms with E-state index < -0.39 is 11.7 Å². The quantitative estimate of drug-likeness (QED) is 0.109. The van der Waals surface area contributed by atoms with E-state index in [0.717, 1.165) is 54.0 Å². The minimum Gasteiger partial charge on any atom is -0.472 e. The predicted molar refractivity (Wildman–Crippen MR) is 218 cm³/mol. The second-order valence-electron chi connectivity index (χ2n) is 15.2. The smallest absolute Gasteiger partial charge is 0.407 e. The highest BCUT2D eigenvalue weighted by molar-refractivity contribution is 6.08. The summed E-state index contributed by atoms with van der Waals surface area (Å²) in [6, 6.07) is 37.1. The first-order chi connectivity index (χ1) is 26.3. The Morgan fingerprint density at radius 2 is 1.52 bits per heavy atom. The van der Waals surface area contributed by atoms with E-state index >= 15 is 0 Å². The monoisotopic (exact) mass is 719 g/mol. The minimum absolute atomic E-state index is 0.173. The van der Waals surface area contributed by atoms with Gasteiger partial charge in [-0.15, -0.1) is 0 Å². The molecule has 2 heterocycles. The number of ether oxygens (including phenoxy) is 3. The first-order valence-corrected chi connectivity index (χ1v) is 19.1. The summed E-state index contributed by atoms with van der Waals surface area (Å²) >= 11 is 0. The van der Waals surface area contributed by atoms with Crippen molar-refractivity contribution in [3.05, 3.63) is 149 Å². The molecule has 7 nitrogen and oxygen atoms in total. The highest BCUT2D eigenvalue weighted by Gasteiger charge is 2.44. The average Bonchev–Trinajstić information content (AvgIpc) is 3.45. The average molecular weight is 720 g/mol. The van der Waals surface area contributed by atoms with Crippen LogP contribution in [0.4, 0.5) is 10.5 Å². The third-order valence-corrected chi connectivity index (χ3v) is 11.2. The highest BCUT2D eigenvalue weighted by atomic mass is 16.5. The molecule has 8 rings (SSSR count). The van der Waals surface area contributed by atoms with Crippen molar-refractivity contribution in [1.82, 2.24) is 10.2 Å². The highest BCUT2D eigenvalue weighted by Crippen LogP contribution is 2.58. The van der Waals surface area contributed by atoms with E-state index in [9.17, 15) is 4.79 Å². The van der Waals surface area contributed by atoms with Crippen LogP contribution in [0.15, 0.2) is 121 Å². The maximum Gasteiger partial charge on any atom is 0.407 e. The third-order valence-electron chi connectivity index (χ3n) is 11.2. The van der Waals surface area contributed by atoms with Crippen LogP contribution in [0.2, 0.25) is 0 Å². The number of alkyl carbamates (subject to hydrolysis) is 1. The fraction of sp³-hybridized carbons (Fsp3) is 0.298. The number of hydrogen-bond donors (Lipinski definition) is 1. The minimum atomic E-state index is -0.804. The van der Waals surface area contributed by atoms with Crippen LogP contribution < -0.4 is 15.0 Å². The second-order valence-corrected chi connectivity index (χ2v) is 15.2. The molecular weight excluding hydrogens is 671 g/mol. The van der Waals surface area contributed by atoms with Crippen LogP contribution in [0, 0.1) is 0 Å². The van der Waals surface area contributed by atoms with Crippen LogP contribution in [0.3, 0.4) is 0 Å². The SMILES string of the molecule is C=C(C)COCCNC(=O)OCCN1CCN(c2ccc(C3(c4ccccc4)C=Cc4c5c(c6ccccc6c4O3)-c3ccccc3C5(C)C)cc2)CC1. The van der Waals surface area contributed by atoms with E-state index in [1.54, 1.807) is 0 Å². The Bertz CT molecular complexity index is 2200. The lowest BCUT2D eigenvalue weighted by atomic mass is 9.77. The van der Waals surface area contributed by atoms with Gasteiger partial charge in [-0.3, -0.25) is 4.90 Å². The molecule has 276 valence electrons. The van der Waals surface area contributed by atoms with Crippen LogP contribution in [0.25, 0.3) is 28.0 Å². The molecule has 54 heavy (non-hydrogen) atoms. The topological polar surface area (TPSA) is 63.3 Å². The van der Waals surface area contributed by atoms with Gasteiger partial charge < -0.3 is 24.4 Å². The number of carbonyl (C=O) groups is 1. The van der Waals surface area contributed by atoms with E-state index in [2.05, 4.69) is 151 Å². The molecule has 2 aliphatic heterocycles. The summed E-state index contributed by atoms with van der Waals surface area (Å²) in [7, 11) is 0. The van der Waals surface area contributed by atoms with Gasteiger partial charge in [-0.2, -0.15) is 0 Å². The second kappa shape index (κ2) is 14.8. The number of nitrogens with zero attached hydrogens (tertiary/aromatic N) is 2. The van der Waals surface area contributed by atoms with E-state index in [1.165, 1.54) is 38.9 Å². The molecule has 1 aliphatic carbocycles. The molecule has 5 aromatic rings. The Morgan fingerprint density at radius 1 is 0.833 bits per heavy atom. The molecule has 0 saturated carbocycles. The van der Waals surface area contributed by atoms with Gasteiger partial charge in [-0.05, 0) is 52.8 Å². The van der Waals surface area contributed by atoms with Crippen molar-refractivity contribution in [3.63, 3.8) is 0 Å². The molecular formula is C47H49N3O4. The molecule has 0 spiro atoms. The van der Waals surface area contributed by atoms with Gasteiger partial charge >= 0.3 is 6.09 Å². The molecule has 0 radical (unpaired) electrons. The van der Waals surface area contributed by atoms with Crippen molar-refractivity contribution in [2.75, 3.05) is 64.0 Å². The standard InChI is InChI=1S/C47H49N3O4/c1-33(2)32-52-30-24-48-45(51)53-31-29-49-25-27-50(28-26-49)36-20-18-35(19-21-36)47(34-12-6-5-7-13-34)23-22-40-43-42(37-14-8-9-15-38(37)44(40)54-47)39-16-10-11-17-41(39)46(43,3)4/h5-23H,1,24-32H2,2-4H3,(H,48,51). The summed E-state index contributed by atoms with van der Waals surface area (Å²) in [4.78, 5) is 16.8. The van der Waals surface area contributed by atoms with E-state index in [0.29, 0.717) is 32.9 Å². The number of piperazine rings is 1. The molecule has 1 N–H and O–H groups in total. The summed E-state index contributed by atoms with van der Waals surface area (Å²) in [6.07, 6.45) is 4.18. The molecule has 3 aliphatic rings. The lowest BCUT2D eigenvalue weighted by molar-refractivity contribution is 0.117. The van der Waals surface area contributed by atoms with Gasteiger partial charge in [0, 0.05) is 72.4 Å². The number of nitrogens with one attached hydrogen (secondary N) is 1. The van der Waals surface area contributed by atoms with Gasteiger partial charge in [0.2, 0.25) is 0 Å². The van der Waals surface area contributed by atoms with Crippen LogP contribution in [0.1, 0.15) is 48.6 Å². The molecule has 7 heteroatoms. The number of hydrogen-bond acceptors (Lipinski definition) is 6. The summed E-state index contributed by atoms with van der Waals surface area (Å²) in [5, 5.41) is 5.10. The van der Waals surface area contributed by atoms with Gasteiger partial charge in [0.15, 0.2) is 5.60 Å². The Labute approximate surface area is 318 Å². The fourth-order valence-corrected chi connectivity index (χ4v) is 8.50. The number of amides is 1. The lowest BCUT2D eigenvalue weighted by Gasteiger charge is -2.39. The van der Waals surface area contributed by atoms with E-state index in [4.69, 9.17) is 14.2 Å². The fourth-order valence-electron chi connectivity index (χ4n) is 8.50. The number of fused-ring (bicyclic) bond motifs is 8. The molecule has 1 saturated heterocycles. The number of benzene rings is 5. The Balaban J connectivity index is 1.00. The third kappa shape index (κ3) is 6.56. The van der Waals surface area contributed by atoms with Gasteiger partial charge in [0.1, 0.15) is 12.4 Å². The van der Waals surface area contributed by atoms with Crippen molar-refractivity contribution in [3.8, 4) is 16.9 Å². The Hall–Kier alpha value is -5.37. The summed E-state index contributed by atoms with van der Waals surface area (Å²) in [5.74, 6) is 0.936. The van der Waals surface area contributed by atoms with Crippen LogP contribution in [-0.2, 0) is 20.5 Å². The van der Waals surface area contributed by atoms with Crippen molar-refractivity contribution < 1.29 is 19.0 Å². The van der Waals surface area contributed by atoms with Crippen LogP contribution in [-0.4, -0.2) is 70.1 Å². The van der Waals surface area contributed by atoms with Crippen molar-refractivity contribution in [1.29, 1.82) is 0 Å². The maximum absolute atomic E-state index is 12.1. The zero-order valence-corrected chi connectivity index (χ0v) is 31.6. The van der Waals surface area contributed by atoms with Gasteiger partial charge in [-0.25, -0.2) is 4.79 Å². The first kappa shape index (κ1) is 35.6. The van der Waals surface area contributed by atoms with E-state index in [-0.39, 0.29) is 5.41 Å². The first-order valence-electron chi connectivity index (χ1n) is 19.1. The number of carbonyl (C=O) groups excluding carboxylic acids is 1. The zero-order valence-electron chi connectivity index (χ0n) is 31.6. The molecule has 0 bridgehead atoms. The van der Waals surface area contributed by atoms with Gasteiger partial charge in [0.05, 0.1) is 13.2 Å². The molecule has 0 aromatic heterocycles. The normalized spacial score (nSPS) is 18.4. The molecule has 1 amide bonds. The zero-order chi connectivity index (χ0) is 37.3. The maximum atomic E-state index is 12.1. The van der Waals surface area contributed by atoms with Gasteiger partial charge in [-0.1, -0.05) is 123 Å². The van der Waals surface area contributed by atoms with Gasteiger partial charge in [0.25, 0.3) is 0 Å². The molecule has 1 atom stereocenters. The molecule has 1 unspecified atom stereocenters. The summed E-state index contributed by atoms with van der Waals surface area (Å²) in [6.45, 7) is 16.4. The van der Waals surface area contributed by atoms with Crippen molar-refractivity contribution in [2.45, 2.75) is 31.8 Å². The van der Waals surface area contributed by atoms with Crippen LogP contribution in [0.5, 0.6) is 5.75 Å². The number of rotatable bonds is 11. The van der Waals surface area contributed by atoms with Crippen molar-refractivity contribution >= 4 is 28.6 Å². The predicted octanol–water partition coefficient (Wildman–Crippen LogP) is 8.94. The van der Waals surface area contributed by atoms with Crippen molar-refractivity contribution in [2.24, 2.45) is 0 Å². The Morgan fingerprint density at radius 3 is 2.28 bits per heavy atom.